The third kappa shape index (κ3) is 8.94. The van der Waals surface area contributed by atoms with Crippen LogP contribution in [0, 0.1) is 23.0 Å². The number of carbonyl (C=O) groups is 2. The van der Waals surface area contributed by atoms with Gasteiger partial charge in [-0.1, -0.05) is 31.6 Å². The summed E-state index contributed by atoms with van der Waals surface area (Å²) < 4.78 is 39.7. The highest BCUT2D eigenvalue weighted by atomic mass is 19.1. The van der Waals surface area contributed by atoms with Crippen molar-refractivity contribution in [2.24, 2.45) is 17.1 Å². The molecule has 0 bridgehead atoms. The van der Waals surface area contributed by atoms with E-state index >= 15 is 0 Å². The number of nitrogens with two attached hydrogens (primary N) is 1. The first kappa shape index (κ1) is 34.8. The maximum atomic E-state index is 14.3. The molecule has 0 saturated heterocycles. The van der Waals surface area contributed by atoms with Gasteiger partial charge in [-0.3, -0.25) is 9.59 Å². The quantitative estimate of drug-likeness (QED) is 0.278. The number of nitrogens with one attached hydrogen (secondary N) is 1. The third-order valence-electron chi connectivity index (χ3n) is 8.78. The van der Waals surface area contributed by atoms with E-state index in [4.69, 9.17) is 15.2 Å². The monoisotopic (exact) mass is 605 g/mol. The number of benzene rings is 1. The maximum Gasteiger partial charge on any atom is 0.249 e. The van der Waals surface area contributed by atoms with Crippen LogP contribution in [-0.4, -0.2) is 80.0 Å². The number of allylic oxidation sites excluding steroid dienone is 2. The van der Waals surface area contributed by atoms with Gasteiger partial charge in [0.05, 0.1) is 23.7 Å². The fraction of sp³-hybridized carbons (Fsp3) is 0.636. The average molecular weight is 606 g/mol. The minimum absolute atomic E-state index is 0.00630. The summed E-state index contributed by atoms with van der Waals surface area (Å²) in [5, 5.41) is 15.2. The lowest BCUT2D eigenvalue weighted by Crippen LogP contribution is -2.53. The Balaban J connectivity index is 1.98. The average Bonchev–Trinajstić information content (AvgIpc) is 2.97. The maximum absolute atomic E-state index is 14.3. The van der Waals surface area contributed by atoms with Gasteiger partial charge in [-0.15, -0.1) is 0 Å². The van der Waals surface area contributed by atoms with Crippen molar-refractivity contribution in [3.8, 4) is 0 Å². The van der Waals surface area contributed by atoms with Crippen LogP contribution >= 0.6 is 0 Å². The first-order chi connectivity index (χ1) is 20.5. The molecule has 0 aromatic heterocycles. The molecule has 0 aliphatic heterocycles. The van der Waals surface area contributed by atoms with Crippen LogP contribution in [0.25, 0.3) is 0 Å². The Kier molecular flexibility index (Phi) is 12.9. The van der Waals surface area contributed by atoms with E-state index < -0.39 is 35.0 Å². The predicted molar refractivity (Wildman–Crippen MR) is 162 cm³/mol. The van der Waals surface area contributed by atoms with Gasteiger partial charge in [0.25, 0.3) is 0 Å². The molecule has 0 radical (unpaired) electrons. The van der Waals surface area contributed by atoms with E-state index in [1.165, 1.54) is 12.1 Å². The van der Waals surface area contributed by atoms with E-state index in [-0.39, 0.29) is 49.1 Å². The second kappa shape index (κ2) is 15.9. The lowest BCUT2D eigenvalue weighted by molar-refractivity contribution is -0.132. The van der Waals surface area contributed by atoms with Crippen molar-refractivity contribution in [1.29, 1.82) is 0 Å². The van der Waals surface area contributed by atoms with Gasteiger partial charge in [-0.25, -0.2) is 8.78 Å². The molecule has 2 aliphatic carbocycles. The van der Waals surface area contributed by atoms with Crippen LogP contribution in [0.1, 0.15) is 64.9 Å². The van der Waals surface area contributed by atoms with E-state index in [0.29, 0.717) is 24.2 Å². The Morgan fingerprint density at radius 1 is 1.07 bits per heavy atom. The molecule has 1 aromatic carbocycles. The standard InChI is InChI=1S/C33H49F2N3O5/c1-6-8-38(9-7-2)31(40)23-10-21(3)18-33(19-23,32(36)41)29(13-22-11-24(34)14-25(35)12-22)30(39)20-37-26-15-27(42-4)17-28(16-26)43-5/h10-12,14,18,26-30,37,39H,6-9,13,15-17,19-20H2,1-5H3,(H2,36,41)/t26?,27-,28+,29-,30+,33?/m1/s1. The summed E-state index contributed by atoms with van der Waals surface area (Å²) in [6.45, 7) is 7.01. The molecule has 240 valence electrons. The summed E-state index contributed by atoms with van der Waals surface area (Å²) in [7, 11) is 3.32. The predicted octanol–water partition coefficient (Wildman–Crippen LogP) is 4.05. The minimum Gasteiger partial charge on any atom is -0.391 e. The van der Waals surface area contributed by atoms with Crippen molar-refractivity contribution in [2.45, 2.75) is 90.1 Å². The summed E-state index contributed by atoms with van der Waals surface area (Å²) in [6.07, 6.45) is 6.02. The molecule has 1 fully saturated rings. The zero-order chi connectivity index (χ0) is 31.7. The number of halogens is 2. The Morgan fingerprint density at radius 2 is 1.65 bits per heavy atom. The Labute approximate surface area is 254 Å². The number of rotatable bonds is 15. The Bertz CT molecular complexity index is 1140. The Hall–Kier alpha value is -2.66. The smallest absolute Gasteiger partial charge is 0.249 e. The molecule has 1 saturated carbocycles. The van der Waals surface area contributed by atoms with Gasteiger partial charge in [0, 0.05) is 57.5 Å². The molecule has 10 heteroatoms. The number of primary amides is 1. The van der Waals surface area contributed by atoms with Crippen LogP contribution < -0.4 is 11.1 Å². The summed E-state index contributed by atoms with van der Waals surface area (Å²) in [6, 6.07) is 3.16. The summed E-state index contributed by atoms with van der Waals surface area (Å²) >= 11 is 0. The van der Waals surface area contributed by atoms with E-state index in [1.54, 1.807) is 38.2 Å². The number of aliphatic hydroxyl groups is 1. The number of hydrogen-bond donors (Lipinski definition) is 3. The Morgan fingerprint density at radius 3 is 2.16 bits per heavy atom. The summed E-state index contributed by atoms with van der Waals surface area (Å²) in [5.41, 5.74) is 6.03. The van der Waals surface area contributed by atoms with Crippen LogP contribution in [0.5, 0.6) is 0 Å². The zero-order valence-corrected chi connectivity index (χ0v) is 26.2. The molecular formula is C33H49F2N3O5. The zero-order valence-electron chi connectivity index (χ0n) is 26.2. The van der Waals surface area contributed by atoms with Crippen molar-refractivity contribution >= 4 is 11.8 Å². The number of methoxy groups -OCH3 is 2. The second-order valence-corrected chi connectivity index (χ2v) is 12.1. The number of hydrogen-bond acceptors (Lipinski definition) is 6. The molecule has 8 nitrogen and oxygen atoms in total. The molecule has 6 atom stereocenters. The summed E-state index contributed by atoms with van der Waals surface area (Å²) in [4.78, 5) is 28.9. The van der Waals surface area contributed by atoms with Gasteiger partial charge < -0.3 is 30.5 Å². The molecule has 2 unspecified atom stereocenters. The fourth-order valence-corrected chi connectivity index (χ4v) is 6.76. The molecule has 0 spiro atoms. The van der Waals surface area contributed by atoms with Gasteiger partial charge in [0.2, 0.25) is 11.8 Å². The molecule has 1 aromatic rings. The van der Waals surface area contributed by atoms with Gasteiger partial charge in [0.1, 0.15) is 11.6 Å². The summed E-state index contributed by atoms with van der Waals surface area (Å²) in [5.74, 6) is -3.29. The van der Waals surface area contributed by atoms with Crippen molar-refractivity contribution in [3.63, 3.8) is 0 Å². The van der Waals surface area contributed by atoms with Gasteiger partial charge in [0.15, 0.2) is 0 Å². The van der Waals surface area contributed by atoms with E-state index in [2.05, 4.69) is 5.32 Å². The lowest BCUT2D eigenvalue weighted by atomic mass is 9.63. The largest absolute Gasteiger partial charge is 0.391 e. The van der Waals surface area contributed by atoms with Crippen molar-refractivity contribution in [1.82, 2.24) is 10.2 Å². The van der Waals surface area contributed by atoms with Gasteiger partial charge in [-0.05, 0) is 69.6 Å². The molecule has 0 heterocycles. The van der Waals surface area contributed by atoms with Crippen LogP contribution in [0.3, 0.4) is 0 Å². The number of nitrogens with zero attached hydrogens (tertiary/aromatic N) is 1. The van der Waals surface area contributed by atoms with Crippen LogP contribution in [0.4, 0.5) is 8.78 Å². The fourth-order valence-electron chi connectivity index (χ4n) is 6.76. The normalized spacial score (nSPS) is 25.4. The number of amides is 2. The molecular weight excluding hydrogens is 556 g/mol. The van der Waals surface area contributed by atoms with Gasteiger partial charge in [-0.2, -0.15) is 0 Å². The highest BCUT2D eigenvalue weighted by molar-refractivity contribution is 5.96. The topological polar surface area (TPSA) is 114 Å². The molecule has 4 N–H and O–H groups in total. The van der Waals surface area contributed by atoms with E-state index in [1.807, 2.05) is 13.8 Å². The van der Waals surface area contributed by atoms with E-state index in [0.717, 1.165) is 38.2 Å². The van der Waals surface area contributed by atoms with Crippen LogP contribution in [-0.2, 0) is 25.5 Å². The number of aliphatic hydroxyl groups excluding tert-OH is 1. The van der Waals surface area contributed by atoms with Crippen LogP contribution in [0.15, 0.2) is 41.5 Å². The molecule has 2 amide bonds. The first-order valence-corrected chi connectivity index (χ1v) is 15.4. The molecule has 2 aliphatic rings. The third-order valence-corrected chi connectivity index (χ3v) is 8.78. The molecule has 43 heavy (non-hydrogen) atoms. The highest BCUT2D eigenvalue weighted by Gasteiger charge is 2.48. The SMILES string of the molecule is CCCN(CCC)C(=O)C1=CC(C)=CC(C(N)=O)([C@H](Cc2cc(F)cc(F)c2)[C@@H](O)CNC2C[C@@H](OC)C[C@@H](OC)C2)C1. The highest BCUT2D eigenvalue weighted by Crippen LogP contribution is 2.44. The van der Waals surface area contributed by atoms with Crippen molar-refractivity contribution < 1.29 is 33.0 Å². The molecule has 3 rings (SSSR count). The lowest BCUT2D eigenvalue weighted by Gasteiger charge is -2.42. The van der Waals surface area contributed by atoms with E-state index in [9.17, 15) is 23.5 Å². The van der Waals surface area contributed by atoms with Crippen LogP contribution in [0.2, 0.25) is 0 Å². The second-order valence-electron chi connectivity index (χ2n) is 12.1. The number of ether oxygens (including phenoxy) is 2. The minimum atomic E-state index is -1.48. The first-order valence-electron chi connectivity index (χ1n) is 15.4. The van der Waals surface area contributed by atoms with Gasteiger partial charge >= 0.3 is 0 Å². The van der Waals surface area contributed by atoms with Crippen molar-refractivity contribution in [2.75, 3.05) is 33.9 Å². The number of carbonyl (C=O) groups excluding carboxylic acids is 2. The van der Waals surface area contributed by atoms with Crippen molar-refractivity contribution in [3.05, 3.63) is 58.7 Å².